The van der Waals surface area contributed by atoms with Gasteiger partial charge in [0.25, 0.3) is 0 Å². The minimum atomic E-state index is -5.00. The summed E-state index contributed by atoms with van der Waals surface area (Å²) >= 11 is 3.36. The molecule has 156 valence electrons. The van der Waals surface area contributed by atoms with Gasteiger partial charge in [-0.15, -0.1) is 6.58 Å². The van der Waals surface area contributed by atoms with E-state index in [0.29, 0.717) is 35.0 Å². The number of rotatable bonds is 4. The fraction of sp³-hybridized carbons (Fsp3) is 0.273. The first-order valence-electron chi connectivity index (χ1n) is 9.38. The van der Waals surface area contributed by atoms with Gasteiger partial charge in [0.05, 0.1) is 16.6 Å². The van der Waals surface area contributed by atoms with Crippen LogP contribution >= 0.6 is 15.9 Å². The molecule has 4 rings (SSSR count). The molecule has 1 aromatic carbocycles. The molecular weight excluding hydrogens is 464 g/mol. The Morgan fingerprint density at radius 3 is 2.57 bits per heavy atom. The van der Waals surface area contributed by atoms with Gasteiger partial charge in [0.15, 0.2) is 5.43 Å². The molecule has 0 fully saturated rings. The second-order valence-electron chi connectivity index (χ2n) is 7.18. The second kappa shape index (κ2) is 7.65. The summed E-state index contributed by atoms with van der Waals surface area (Å²) in [4.78, 5) is 17.1. The van der Waals surface area contributed by atoms with Crippen molar-refractivity contribution in [2.24, 2.45) is 0 Å². The summed E-state index contributed by atoms with van der Waals surface area (Å²) in [5.74, 6) is -1.63. The third-order valence-corrected chi connectivity index (χ3v) is 6.19. The third-order valence-electron chi connectivity index (χ3n) is 5.44. The Balaban J connectivity index is 2.30. The van der Waals surface area contributed by atoms with E-state index in [-0.39, 0.29) is 23.5 Å². The first kappa shape index (κ1) is 20.8. The summed E-state index contributed by atoms with van der Waals surface area (Å²) in [6.45, 7) is 3.68. The molecule has 0 aliphatic carbocycles. The highest BCUT2D eigenvalue weighted by Crippen LogP contribution is 2.42. The van der Waals surface area contributed by atoms with Gasteiger partial charge in [-0.25, -0.2) is 4.98 Å². The highest BCUT2D eigenvalue weighted by Gasteiger charge is 2.42. The summed E-state index contributed by atoms with van der Waals surface area (Å²) < 4.78 is 58.3. The number of allylic oxidation sites excluding steroid dienone is 1. The minimum absolute atomic E-state index is 0.0815. The zero-order valence-electron chi connectivity index (χ0n) is 15.8. The van der Waals surface area contributed by atoms with Crippen LogP contribution < -0.4 is 5.43 Å². The van der Waals surface area contributed by atoms with E-state index in [1.165, 1.54) is 4.57 Å². The Morgan fingerprint density at radius 1 is 1.27 bits per heavy atom. The van der Waals surface area contributed by atoms with Crippen molar-refractivity contribution >= 4 is 26.8 Å². The van der Waals surface area contributed by atoms with Crippen LogP contribution in [0.5, 0.6) is 0 Å². The average molecular weight is 481 g/mol. The molecule has 8 heteroatoms. The van der Waals surface area contributed by atoms with Crippen LogP contribution in [0.1, 0.15) is 29.3 Å². The molecule has 3 aromatic rings. The quantitative estimate of drug-likeness (QED) is 0.203. The SMILES string of the molecule is C=CCc1c2n(c3c(C(F)(F)F)c(F)nc(-c4ccccc4)c3c1=O)C(CBr)CC2. The van der Waals surface area contributed by atoms with E-state index in [1.54, 1.807) is 36.4 Å². The van der Waals surface area contributed by atoms with Crippen molar-refractivity contribution in [1.82, 2.24) is 9.55 Å². The van der Waals surface area contributed by atoms with Crippen molar-refractivity contribution in [3.05, 3.63) is 76.0 Å². The van der Waals surface area contributed by atoms with Gasteiger partial charge in [-0.1, -0.05) is 52.3 Å². The summed E-state index contributed by atoms with van der Waals surface area (Å²) in [5, 5.41) is 0.177. The molecule has 0 saturated carbocycles. The summed E-state index contributed by atoms with van der Waals surface area (Å²) in [6, 6.07) is 7.91. The van der Waals surface area contributed by atoms with Gasteiger partial charge in [-0.2, -0.15) is 17.6 Å². The Labute approximate surface area is 178 Å². The fourth-order valence-electron chi connectivity index (χ4n) is 4.23. The van der Waals surface area contributed by atoms with Crippen LogP contribution in [0.25, 0.3) is 22.2 Å². The van der Waals surface area contributed by atoms with Gasteiger partial charge >= 0.3 is 6.18 Å². The number of aromatic nitrogens is 2. The average Bonchev–Trinajstić information content (AvgIpc) is 3.14. The molecule has 2 aromatic heterocycles. The van der Waals surface area contributed by atoms with E-state index in [9.17, 15) is 22.4 Å². The molecule has 3 heterocycles. The molecule has 0 amide bonds. The van der Waals surface area contributed by atoms with Gasteiger partial charge in [0, 0.05) is 28.2 Å². The molecule has 1 aliphatic rings. The highest BCUT2D eigenvalue weighted by molar-refractivity contribution is 9.09. The molecular formula is C22H17BrF4N2O. The van der Waals surface area contributed by atoms with E-state index < -0.39 is 28.6 Å². The van der Waals surface area contributed by atoms with Crippen LogP contribution in [0, 0.1) is 5.95 Å². The molecule has 3 nitrogen and oxygen atoms in total. The normalized spacial score (nSPS) is 16.1. The Morgan fingerprint density at radius 2 is 1.97 bits per heavy atom. The number of nitrogens with zero attached hydrogens (tertiary/aromatic N) is 2. The van der Waals surface area contributed by atoms with Crippen LogP contribution in [0.2, 0.25) is 0 Å². The molecule has 0 N–H and O–H groups in total. The maximum atomic E-state index is 14.9. The highest BCUT2D eigenvalue weighted by atomic mass is 79.9. The van der Waals surface area contributed by atoms with E-state index in [2.05, 4.69) is 27.5 Å². The Bertz CT molecular complexity index is 1200. The number of hydrogen-bond donors (Lipinski definition) is 0. The standard InChI is InChI=1S/C22H17BrF4N2O/c1-2-6-14-15-10-9-13(11-23)29(15)19-16(20(14)30)18(12-7-4-3-5-8-12)28-21(24)17(19)22(25,26)27/h2-5,7-8,13H,1,6,9-11H2. The zero-order chi connectivity index (χ0) is 21.6. The molecule has 1 unspecified atom stereocenters. The number of benzene rings is 1. The van der Waals surface area contributed by atoms with Gasteiger partial charge in [-0.3, -0.25) is 4.79 Å². The zero-order valence-corrected chi connectivity index (χ0v) is 17.4. The van der Waals surface area contributed by atoms with E-state index in [4.69, 9.17) is 0 Å². The van der Waals surface area contributed by atoms with Crippen LogP contribution in [-0.2, 0) is 19.0 Å². The van der Waals surface area contributed by atoms with E-state index in [1.807, 2.05) is 0 Å². The summed E-state index contributed by atoms with van der Waals surface area (Å²) in [5.41, 5.74) is -1.28. The van der Waals surface area contributed by atoms with Gasteiger partial charge in [-0.05, 0) is 19.3 Å². The molecule has 1 aliphatic heterocycles. The first-order valence-corrected chi connectivity index (χ1v) is 10.5. The fourth-order valence-corrected chi connectivity index (χ4v) is 4.84. The monoisotopic (exact) mass is 480 g/mol. The maximum Gasteiger partial charge on any atom is 0.422 e. The van der Waals surface area contributed by atoms with Gasteiger partial charge < -0.3 is 4.57 Å². The largest absolute Gasteiger partial charge is 0.422 e. The summed E-state index contributed by atoms with van der Waals surface area (Å²) in [6.07, 6.45) is -2.25. The lowest BCUT2D eigenvalue weighted by atomic mass is 9.98. The van der Waals surface area contributed by atoms with Crippen LogP contribution in [0.15, 0.2) is 47.8 Å². The molecule has 0 bridgehead atoms. The molecule has 0 radical (unpaired) electrons. The van der Waals surface area contributed by atoms with Crippen molar-refractivity contribution in [1.29, 1.82) is 0 Å². The number of fused-ring (bicyclic) bond motifs is 3. The van der Waals surface area contributed by atoms with Crippen molar-refractivity contribution < 1.29 is 17.6 Å². The lowest BCUT2D eigenvalue weighted by molar-refractivity contribution is -0.139. The summed E-state index contributed by atoms with van der Waals surface area (Å²) in [7, 11) is 0. The van der Waals surface area contributed by atoms with Crippen molar-refractivity contribution in [3.63, 3.8) is 0 Å². The van der Waals surface area contributed by atoms with Crippen LogP contribution in [-0.4, -0.2) is 14.9 Å². The molecule has 0 saturated heterocycles. The van der Waals surface area contributed by atoms with Crippen LogP contribution in [0.3, 0.4) is 0 Å². The van der Waals surface area contributed by atoms with Crippen molar-refractivity contribution in [3.8, 4) is 11.3 Å². The van der Waals surface area contributed by atoms with Gasteiger partial charge in [0.1, 0.15) is 5.56 Å². The smallest absolute Gasteiger partial charge is 0.339 e. The second-order valence-corrected chi connectivity index (χ2v) is 7.83. The topological polar surface area (TPSA) is 34.9 Å². The van der Waals surface area contributed by atoms with Crippen LogP contribution in [0.4, 0.5) is 17.6 Å². The molecule has 30 heavy (non-hydrogen) atoms. The predicted molar refractivity (Wildman–Crippen MR) is 111 cm³/mol. The minimum Gasteiger partial charge on any atom is -0.339 e. The maximum absolute atomic E-state index is 14.9. The lowest BCUT2D eigenvalue weighted by Gasteiger charge is -2.23. The third kappa shape index (κ3) is 3.17. The molecule has 1 atom stereocenters. The van der Waals surface area contributed by atoms with Crippen molar-refractivity contribution in [2.75, 3.05) is 5.33 Å². The van der Waals surface area contributed by atoms with Crippen molar-refractivity contribution in [2.45, 2.75) is 31.5 Å². The Kier molecular flexibility index (Phi) is 5.30. The predicted octanol–water partition coefficient (Wildman–Crippen LogP) is 5.83. The van der Waals surface area contributed by atoms with E-state index >= 15 is 0 Å². The van der Waals surface area contributed by atoms with Gasteiger partial charge in [0.2, 0.25) is 5.95 Å². The number of alkyl halides is 4. The lowest BCUT2D eigenvalue weighted by Crippen LogP contribution is -2.24. The molecule has 0 spiro atoms. The Hall–Kier alpha value is -2.48. The van der Waals surface area contributed by atoms with E-state index in [0.717, 1.165) is 0 Å². The number of halogens is 5. The number of hydrogen-bond acceptors (Lipinski definition) is 2. The first-order chi connectivity index (χ1) is 14.3. The number of pyridine rings is 2.